The van der Waals surface area contributed by atoms with Gasteiger partial charge in [-0.2, -0.15) is 0 Å². The molecule has 2 rings (SSSR count). The number of rotatable bonds is 4. The molecule has 1 aliphatic heterocycles. The molecule has 0 saturated carbocycles. The van der Waals surface area contributed by atoms with Crippen molar-refractivity contribution in [2.45, 2.75) is 38.6 Å². The highest BCUT2D eigenvalue weighted by Gasteiger charge is 2.21. The fraction of sp³-hybridized carbons (Fsp3) is 0.500. The molecule has 1 unspecified atom stereocenters. The van der Waals surface area contributed by atoms with E-state index in [4.69, 9.17) is 0 Å². The summed E-state index contributed by atoms with van der Waals surface area (Å²) in [5.41, 5.74) is 1.51. The Morgan fingerprint density at radius 1 is 1.38 bits per heavy atom. The van der Waals surface area contributed by atoms with Crippen LogP contribution in [0.1, 0.15) is 48.5 Å². The molecule has 1 aromatic carbocycles. The van der Waals surface area contributed by atoms with Gasteiger partial charge in [0.1, 0.15) is 0 Å². The molecule has 0 aliphatic carbocycles. The van der Waals surface area contributed by atoms with Crippen molar-refractivity contribution >= 4 is 5.97 Å². The Morgan fingerprint density at radius 3 is 2.81 bits per heavy atom. The Morgan fingerprint density at radius 2 is 2.14 bits per heavy atom. The Kier molecular flexibility index (Phi) is 5.83. The van der Waals surface area contributed by atoms with E-state index in [2.05, 4.69) is 28.4 Å². The van der Waals surface area contributed by atoms with Crippen molar-refractivity contribution in [2.75, 3.05) is 20.2 Å². The first-order valence-electron chi connectivity index (χ1n) is 7.68. The van der Waals surface area contributed by atoms with Crippen molar-refractivity contribution in [3.63, 3.8) is 0 Å². The number of benzene rings is 1. The summed E-state index contributed by atoms with van der Waals surface area (Å²) >= 11 is 0. The van der Waals surface area contributed by atoms with Gasteiger partial charge in [0, 0.05) is 5.56 Å². The highest BCUT2D eigenvalue weighted by Crippen LogP contribution is 2.17. The van der Waals surface area contributed by atoms with Crippen LogP contribution in [0.25, 0.3) is 0 Å². The number of nitrogens with zero attached hydrogens (tertiary/aromatic N) is 1. The second kappa shape index (κ2) is 7.85. The van der Waals surface area contributed by atoms with Crippen LogP contribution >= 0.6 is 0 Å². The molecule has 0 spiro atoms. The van der Waals surface area contributed by atoms with Crippen molar-refractivity contribution in [3.05, 3.63) is 35.4 Å². The standard InChI is InChI=1S/C18H23NO2/c1-3-4-13-19-14-5-6-17(19)12-9-15-7-10-16(11-8-15)18(20)21-2/h7-8,10-11,17H,3-6,13-14H2,1-2H3. The highest BCUT2D eigenvalue weighted by molar-refractivity contribution is 5.89. The first kappa shape index (κ1) is 15.6. The average Bonchev–Trinajstić information content (AvgIpc) is 2.98. The molecule has 3 nitrogen and oxygen atoms in total. The molecule has 1 heterocycles. The number of hydrogen-bond acceptors (Lipinski definition) is 3. The quantitative estimate of drug-likeness (QED) is 0.629. The fourth-order valence-electron chi connectivity index (χ4n) is 2.59. The van der Waals surface area contributed by atoms with Crippen LogP contribution in [-0.2, 0) is 4.74 Å². The van der Waals surface area contributed by atoms with E-state index in [-0.39, 0.29) is 5.97 Å². The van der Waals surface area contributed by atoms with Gasteiger partial charge in [-0.1, -0.05) is 25.2 Å². The molecule has 0 aromatic heterocycles. The summed E-state index contributed by atoms with van der Waals surface area (Å²) in [6.07, 6.45) is 4.87. The summed E-state index contributed by atoms with van der Waals surface area (Å²) in [6.45, 7) is 4.54. The van der Waals surface area contributed by atoms with Crippen LogP contribution in [0.15, 0.2) is 24.3 Å². The lowest BCUT2D eigenvalue weighted by Gasteiger charge is -2.19. The van der Waals surface area contributed by atoms with E-state index < -0.39 is 0 Å². The van der Waals surface area contributed by atoms with E-state index in [9.17, 15) is 4.79 Å². The summed E-state index contributed by atoms with van der Waals surface area (Å²) in [6, 6.07) is 7.67. The van der Waals surface area contributed by atoms with Gasteiger partial charge in [-0.25, -0.2) is 4.79 Å². The van der Waals surface area contributed by atoms with Crippen LogP contribution in [0.3, 0.4) is 0 Å². The number of ether oxygens (including phenoxy) is 1. The van der Waals surface area contributed by atoms with Gasteiger partial charge in [0.05, 0.1) is 18.7 Å². The highest BCUT2D eigenvalue weighted by atomic mass is 16.5. The lowest BCUT2D eigenvalue weighted by Crippen LogP contribution is -2.29. The molecule has 0 amide bonds. The summed E-state index contributed by atoms with van der Waals surface area (Å²) in [4.78, 5) is 13.9. The SMILES string of the molecule is CCCCN1CCCC1C#Cc1ccc(C(=O)OC)cc1. The van der Waals surface area contributed by atoms with Crippen LogP contribution in [0.5, 0.6) is 0 Å². The number of esters is 1. The largest absolute Gasteiger partial charge is 0.465 e. The zero-order valence-electron chi connectivity index (χ0n) is 12.9. The molecule has 1 saturated heterocycles. The van der Waals surface area contributed by atoms with Gasteiger partial charge in [-0.05, 0) is 56.6 Å². The van der Waals surface area contributed by atoms with Crippen LogP contribution in [0.4, 0.5) is 0 Å². The Hall–Kier alpha value is -1.79. The van der Waals surface area contributed by atoms with E-state index >= 15 is 0 Å². The van der Waals surface area contributed by atoms with Gasteiger partial charge in [0.2, 0.25) is 0 Å². The van der Waals surface area contributed by atoms with E-state index in [1.807, 2.05) is 12.1 Å². The van der Waals surface area contributed by atoms with Crippen LogP contribution in [0.2, 0.25) is 0 Å². The van der Waals surface area contributed by atoms with Gasteiger partial charge in [-0.3, -0.25) is 4.90 Å². The summed E-state index contributed by atoms with van der Waals surface area (Å²) in [5, 5.41) is 0. The van der Waals surface area contributed by atoms with Crippen molar-refractivity contribution in [1.29, 1.82) is 0 Å². The third-order valence-electron chi connectivity index (χ3n) is 3.85. The fourth-order valence-corrected chi connectivity index (χ4v) is 2.59. The maximum absolute atomic E-state index is 11.4. The molecule has 3 heteroatoms. The minimum absolute atomic E-state index is 0.309. The normalized spacial score (nSPS) is 18.1. The maximum Gasteiger partial charge on any atom is 0.337 e. The predicted octanol–water partition coefficient (Wildman–Crippen LogP) is 3.09. The van der Waals surface area contributed by atoms with Gasteiger partial charge in [0.25, 0.3) is 0 Å². The molecule has 0 N–H and O–H groups in total. The van der Waals surface area contributed by atoms with Crippen LogP contribution in [0, 0.1) is 11.8 Å². The lowest BCUT2D eigenvalue weighted by atomic mass is 10.1. The average molecular weight is 285 g/mol. The van der Waals surface area contributed by atoms with E-state index in [1.165, 1.54) is 32.9 Å². The number of unbranched alkanes of at least 4 members (excludes halogenated alkanes) is 1. The molecule has 21 heavy (non-hydrogen) atoms. The Labute approximate surface area is 127 Å². The Bertz CT molecular complexity index is 524. The van der Waals surface area contributed by atoms with Crippen molar-refractivity contribution in [1.82, 2.24) is 4.90 Å². The summed E-state index contributed by atoms with van der Waals surface area (Å²) in [5.74, 6) is 6.30. The second-order valence-electron chi connectivity index (χ2n) is 5.39. The number of methoxy groups -OCH3 is 1. The van der Waals surface area contributed by atoms with Crippen molar-refractivity contribution in [3.8, 4) is 11.8 Å². The number of hydrogen-bond donors (Lipinski definition) is 0. The molecule has 0 bridgehead atoms. The number of carbonyl (C=O) groups is 1. The zero-order chi connectivity index (χ0) is 15.1. The van der Waals surface area contributed by atoms with Gasteiger partial charge in [-0.15, -0.1) is 0 Å². The molecule has 1 aromatic rings. The summed E-state index contributed by atoms with van der Waals surface area (Å²) < 4.78 is 4.69. The van der Waals surface area contributed by atoms with Gasteiger partial charge in [0.15, 0.2) is 0 Å². The first-order chi connectivity index (χ1) is 10.2. The second-order valence-corrected chi connectivity index (χ2v) is 5.39. The van der Waals surface area contributed by atoms with E-state index in [1.54, 1.807) is 12.1 Å². The first-order valence-corrected chi connectivity index (χ1v) is 7.68. The molecular formula is C18H23NO2. The smallest absolute Gasteiger partial charge is 0.337 e. The Balaban J connectivity index is 1.99. The molecule has 1 atom stereocenters. The minimum Gasteiger partial charge on any atom is -0.465 e. The third kappa shape index (κ3) is 4.34. The molecular weight excluding hydrogens is 262 g/mol. The number of carbonyl (C=O) groups excluding carboxylic acids is 1. The molecule has 112 valence electrons. The zero-order valence-corrected chi connectivity index (χ0v) is 12.9. The summed E-state index contributed by atoms with van der Waals surface area (Å²) in [7, 11) is 1.39. The minimum atomic E-state index is -0.309. The third-order valence-corrected chi connectivity index (χ3v) is 3.85. The van der Waals surface area contributed by atoms with Crippen LogP contribution in [-0.4, -0.2) is 37.1 Å². The van der Waals surface area contributed by atoms with E-state index in [0.29, 0.717) is 11.6 Å². The predicted molar refractivity (Wildman–Crippen MR) is 84.2 cm³/mol. The molecule has 0 radical (unpaired) electrons. The van der Waals surface area contributed by atoms with E-state index in [0.717, 1.165) is 18.5 Å². The topological polar surface area (TPSA) is 29.5 Å². The maximum atomic E-state index is 11.4. The van der Waals surface area contributed by atoms with Crippen molar-refractivity contribution in [2.24, 2.45) is 0 Å². The molecule has 1 aliphatic rings. The van der Waals surface area contributed by atoms with Gasteiger partial charge < -0.3 is 4.74 Å². The number of likely N-dealkylation sites (tertiary alicyclic amines) is 1. The lowest BCUT2D eigenvalue weighted by molar-refractivity contribution is 0.0600. The monoisotopic (exact) mass is 285 g/mol. The molecule has 1 fully saturated rings. The van der Waals surface area contributed by atoms with Gasteiger partial charge >= 0.3 is 5.97 Å². The van der Waals surface area contributed by atoms with Crippen LogP contribution < -0.4 is 0 Å². The van der Waals surface area contributed by atoms with Crippen molar-refractivity contribution < 1.29 is 9.53 Å².